The highest BCUT2D eigenvalue weighted by Crippen LogP contribution is 2.23. The first-order chi connectivity index (χ1) is 7.25. The van der Waals surface area contributed by atoms with Crippen LogP contribution in [-0.4, -0.2) is 5.78 Å². The molecule has 0 saturated heterocycles. The molecule has 1 aromatic rings. The van der Waals surface area contributed by atoms with E-state index in [0.717, 1.165) is 32.2 Å². The zero-order valence-corrected chi connectivity index (χ0v) is 11.2. The molecule has 0 aromatic carbocycles. The van der Waals surface area contributed by atoms with Crippen LogP contribution in [0.5, 0.6) is 0 Å². The van der Waals surface area contributed by atoms with Crippen molar-refractivity contribution < 1.29 is 26.3 Å². The molecule has 0 N–H and O–H groups in total. The lowest BCUT2D eigenvalue weighted by atomic mass is 10.0. The summed E-state index contributed by atoms with van der Waals surface area (Å²) in [5.41, 5.74) is 1.28. The fourth-order valence-corrected chi connectivity index (χ4v) is 2.18. The summed E-state index contributed by atoms with van der Waals surface area (Å²) in [4.78, 5) is 11.4. The van der Waals surface area contributed by atoms with Crippen LogP contribution in [0.1, 0.15) is 31.2 Å². The minimum atomic E-state index is 0. The molecule has 1 heterocycles. The molecule has 1 aliphatic rings. The highest BCUT2D eigenvalue weighted by molar-refractivity contribution is 5.82. The molecule has 16 heavy (non-hydrogen) atoms. The summed E-state index contributed by atoms with van der Waals surface area (Å²) in [6.07, 6.45) is 8.20. The SMILES string of the molecule is Cc1cc[n+](CCC2CCCC2=O)cc1.[Br-]. The zero-order valence-electron chi connectivity index (χ0n) is 9.66. The van der Waals surface area contributed by atoms with Gasteiger partial charge in [-0.05, 0) is 25.3 Å². The van der Waals surface area contributed by atoms with Crippen LogP contribution in [0.4, 0.5) is 0 Å². The molecule has 3 heteroatoms. The predicted molar refractivity (Wildman–Crippen MR) is 58.3 cm³/mol. The molecule has 1 atom stereocenters. The minimum absolute atomic E-state index is 0. The molecule has 2 rings (SSSR count). The lowest BCUT2D eigenvalue weighted by Crippen LogP contribution is -3.00. The molecule has 0 spiro atoms. The Morgan fingerprint density at radius 3 is 2.62 bits per heavy atom. The standard InChI is InChI=1S/C13H18NO.BrH/c1-11-5-8-14(9-6-11)10-7-12-3-2-4-13(12)15;/h5-6,8-9,12H,2-4,7,10H2,1H3;1H/q+1;/p-1. The summed E-state index contributed by atoms with van der Waals surface area (Å²) >= 11 is 0. The van der Waals surface area contributed by atoms with E-state index in [4.69, 9.17) is 0 Å². The van der Waals surface area contributed by atoms with E-state index < -0.39 is 0 Å². The second-order valence-corrected chi connectivity index (χ2v) is 4.46. The van der Waals surface area contributed by atoms with E-state index in [1.54, 1.807) is 0 Å². The highest BCUT2D eigenvalue weighted by atomic mass is 79.9. The Hall–Kier alpha value is -0.700. The normalized spacial score (nSPS) is 19.6. The van der Waals surface area contributed by atoms with Crippen molar-refractivity contribution in [2.45, 2.75) is 39.2 Å². The largest absolute Gasteiger partial charge is 1.00 e. The number of halogens is 1. The smallest absolute Gasteiger partial charge is 0.169 e. The second-order valence-electron chi connectivity index (χ2n) is 4.46. The number of hydrogen-bond donors (Lipinski definition) is 0. The van der Waals surface area contributed by atoms with E-state index in [1.807, 2.05) is 0 Å². The Morgan fingerprint density at radius 2 is 2.06 bits per heavy atom. The predicted octanol–water partition coefficient (Wildman–Crippen LogP) is -0.954. The van der Waals surface area contributed by atoms with Crippen LogP contribution in [0.2, 0.25) is 0 Å². The van der Waals surface area contributed by atoms with Crippen LogP contribution in [0.15, 0.2) is 24.5 Å². The summed E-state index contributed by atoms with van der Waals surface area (Å²) in [7, 11) is 0. The van der Waals surface area contributed by atoms with Gasteiger partial charge in [0.1, 0.15) is 12.3 Å². The van der Waals surface area contributed by atoms with Crippen molar-refractivity contribution >= 4 is 5.78 Å². The maximum atomic E-state index is 11.4. The average molecular weight is 284 g/mol. The average Bonchev–Trinajstić information content (AvgIpc) is 2.63. The molecule has 2 nitrogen and oxygen atoms in total. The van der Waals surface area contributed by atoms with Crippen LogP contribution < -0.4 is 21.5 Å². The molecule has 0 radical (unpaired) electrons. The molecule has 88 valence electrons. The highest BCUT2D eigenvalue weighted by Gasteiger charge is 2.24. The van der Waals surface area contributed by atoms with Gasteiger partial charge in [-0.2, -0.15) is 0 Å². The van der Waals surface area contributed by atoms with Crippen molar-refractivity contribution in [2.24, 2.45) is 5.92 Å². The first-order valence-corrected chi connectivity index (χ1v) is 5.74. The maximum absolute atomic E-state index is 11.4. The van der Waals surface area contributed by atoms with Crippen molar-refractivity contribution in [3.63, 3.8) is 0 Å². The maximum Gasteiger partial charge on any atom is 0.169 e. The van der Waals surface area contributed by atoms with Crippen molar-refractivity contribution in [3.8, 4) is 0 Å². The van der Waals surface area contributed by atoms with E-state index in [-0.39, 0.29) is 17.0 Å². The van der Waals surface area contributed by atoms with Crippen LogP contribution in [-0.2, 0) is 11.3 Å². The number of pyridine rings is 1. The van der Waals surface area contributed by atoms with Gasteiger partial charge in [-0.25, -0.2) is 4.57 Å². The molecular weight excluding hydrogens is 266 g/mol. The molecule has 0 aliphatic heterocycles. The molecule has 1 saturated carbocycles. The minimum Gasteiger partial charge on any atom is -1.00 e. The van der Waals surface area contributed by atoms with Crippen LogP contribution >= 0.6 is 0 Å². The van der Waals surface area contributed by atoms with Gasteiger partial charge in [0.05, 0.1) is 0 Å². The Labute approximate surface area is 107 Å². The first kappa shape index (κ1) is 13.4. The Morgan fingerprint density at radius 1 is 1.38 bits per heavy atom. The molecule has 1 unspecified atom stereocenters. The third-order valence-corrected chi connectivity index (χ3v) is 3.22. The van der Waals surface area contributed by atoms with Crippen LogP contribution in [0.25, 0.3) is 0 Å². The van der Waals surface area contributed by atoms with Gasteiger partial charge in [0, 0.05) is 30.9 Å². The van der Waals surface area contributed by atoms with Crippen molar-refractivity contribution in [1.29, 1.82) is 0 Å². The number of carbonyl (C=O) groups excluding carboxylic acids is 1. The van der Waals surface area contributed by atoms with E-state index >= 15 is 0 Å². The fourth-order valence-electron chi connectivity index (χ4n) is 2.18. The van der Waals surface area contributed by atoms with Gasteiger partial charge in [-0.1, -0.05) is 0 Å². The number of nitrogens with zero attached hydrogens (tertiary/aromatic N) is 1. The monoisotopic (exact) mass is 283 g/mol. The Bertz CT molecular complexity index is 347. The lowest BCUT2D eigenvalue weighted by Gasteiger charge is -2.04. The number of aromatic nitrogens is 1. The lowest BCUT2D eigenvalue weighted by molar-refractivity contribution is -0.697. The molecule has 1 fully saturated rings. The molecule has 0 bridgehead atoms. The number of rotatable bonds is 3. The molecular formula is C13H18BrNO. The summed E-state index contributed by atoms with van der Waals surface area (Å²) in [5, 5.41) is 0. The van der Waals surface area contributed by atoms with E-state index in [1.165, 1.54) is 5.56 Å². The van der Waals surface area contributed by atoms with Gasteiger partial charge in [0.15, 0.2) is 12.4 Å². The topological polar surface area (TPSA) is 20.9 Å². The Balaban J connectivity index is 0.00000128. The molecule has 1 aliphatic carbocycles. The van der Waals surface area contributed by atoms with Gasteiger partial charge in [-0.3, -0.25) is 4.79 Å². The van der Waals surface area contributed by atoms with E-state index in [0.29, 0.717) is 11.7 Å². The second kappa shape index (κ2) is 6.14. The van der Waals surface area contributed by atoms with E-state index in [2.05, 4.69) is 36.0 Å². The summed E-state index contributed by atoms with van der Waals surface area (Å²) in [6.45, 7) is 3.06. The first-order valence-electron chi connectivity index (χ1n) is 5.74. The zero-order chi connectivity index (χ0) is 10.7. The van der Waals surface area contributed by atoms with Crippen LogP contribution in [0, 0.1) is 12.8 Å². The molecule has 0 amide bonds. The number of carbonyl (C=O) groups is 1. The molecule has 1 aromatic heterocycles. The number of aryl methyl sites for hydroxylation is 2. The van der Waals surface area contributed by atoms with Crippen molar-refractivity contribution in [3.05, 3.63) is 30.1 Å². The summed E-state index contributed by atoms with van der Waals surface area (Å²) in [6, 6.07) is 4.22. The van der Waals surface area contributed by atoms with Crippen LogP contribution in [0.3, 0.4) is 0 Å². The van der Waals surface area contributed by atoms with Gasteiger partial charge in [-0.15, -0.1) is 0 Å². The van der Waals surface area contributed by atoms with Gasteiger partial charge >= 0.3 is 0 Å². The number of ketones is 1. The third-order valence-electron chi connectivity index (χ3n) is 3.22. The van der Waals surface area contributed by atoms with Crippen molar-refractivity contribution in [2.75, 3.05) is 0 Å². The fraction of sp³-hybridized carbons (Fsp3) is 0.538. The van der Waals surface area contributed by atoms with E-state index in [9.17, 15) is 4.79 Å². The number of hydrogen-bond acceptors (Lipinski definition) is 1. The number of Topliss-reactive ketones (excluding diaryl/α,β-unsaturated/α-hetero) is 1. The van der Waals surface area contributed by atoms with Crippen molar-refractivity contribution in [1.82, 2.24) is 0 Å². The third kappa shape index (κ3) is 3.41. The van der Waals surface area contributed by atoms with Gasteiger partial charge < -0.3 is 17.0 Å². The Kier molecular flexibility index (Phi) is 5.13. The summed E-state index contributed by atoms with van der Waals surface area (Å²) < 4.78 is 2.17. The quantitative estimate of drug-likeness (QED) is 0.655. The van der Waals surface area contributed by atoms with Gasteiger partial charge in [0.2, 0.25) is 0 Å². The van der Waals surface area contributed by atoms with Gasteiger partial charge in [0.25, 0.3) is 0 Å². The summed E-state index contributed by atoms with van der Waals surface area (Å²) in [5.74, 6) is 0.807.